The fourth-order valence-electron chi connectivity index (χ4n) is 3.18. The Morgan fingerprint density at radius 1 is 1.24 bits per heavy atom. The average Bonchev–Trinajstić information content (AvgIpc) is 2.61. The minimum atomic E-state index is -3.31. The van der Waals surface area contributed by atoms with Crippen LogP contribution in [0, 0.1) is 5.92 Å². The molecule has 8 heteroatoms. The highest BCUT2D eigenvalue weighted by atomic mass is 32.2. The summed E-state index contributed by atoms with van der Waals surface area (Å²) in [5.74, 6) is 1.60. The molecule has 25 heavy (non-hydrogen) atoms. The first-order chi connectivity index (χ1) is 12.0. The molecular weight excluding hydrogens is 340 g/mol. The Bertz CT molecular complexity index is 510. The number of sulfonamides is 1. The quantitative estimate of drug-likeness (QED) is 0.516. The summed E-state index contributed by atoms with van der Waals surface area (Å²) in [5, 5.41) is 3.28. The molecule has 0 radical (unpaired) electrons. The number of aliphatic imine (C=N–C) groups is 1. The summed E-state index contributed by atoms with van der Waals surface area (Å²) in [6.07, 6.45) is 5.44. The highest BCUT2D eigenvalue weighted by Crippen LogP contribution is 2.16. The van der Waals surface area contributed by atoms with Crippen molar-refractivity contribution in [1.82, 2.24) is 14.9 Å². The number of hydrogen-bond donors (Lipinski definition) is 2. The van der Waals surface area contributed by atoms with Gasteiger partial charge >= 0.3 is 0 Å². The van der Waals surface area contributed by atoms with Crippen LogP contribution >= 0.6 is 0 Å². The summed E-state index contributed by atoms with van der Waals surface area (Å²) in [6, 6.07) is 0. The van der Waals surface area contributed by atoms with E-state index >= 15 is 0 Å². The normalized spacial score (nSPS) is 23.7. The first-order valence-corrected chi connectivity index (χ1v) is 11.3. The lowest BCUT2D eigenvalue weighted by molar-refractivity contribution is 0.0200. The van der Waals surface area contributed by atoms with Crippen molar-refractivity contribution in [3.05, 3.63) is 0 Å². The first kappa shape index (κ1) is 20.5. The Kier molecular flexibility index (Phi) is 8.45. The van der Waals surface area contributed by atoms with Crippen molar-refractivity contribution in [1.29, 1.82) is 0 Å². The van der Waals surface area contributed by atoms with Gasteiger partial charge in [-0.05, 0) is 44.9 Å². The first-order valence-electron chi connectivity index (χ1n) is 9.62. The lowest BCUT2D eigenvalue weighted by atomic mass is 10.00. The molecule has 0 spiro atoms. The van der Waals surface area contributed by atoms with E-state index in [0.717, 1.165) is 70.2 Å². The maximum absolute atomic E-state index is 12.2. The largest absolute Gasteiger partial charge is 0.377 e. The molecule has 2 rings (SSSR count). The van der Waals surface area contributed by atoms with Crippen LogP contribution in [0.15, 0.2) is 4.99 Å². The van der Waals surface area contributed by atoms with Crippen molar-refractivity contribution in [2.24, 2.45) is 10.9 Å². The molecule has 2 fully saturated rings. The van der Waals surface area contributed by atoms with E-state index in [1.54, 1.807) is 0 Å². The Labute approximate surface area is 152 Å². The summed E-state index contributed by atoms with van der Waals surface area (Å²) < 4.78 is 32.6. The van der Waals surface area contributed by atoms with Gasteiger partial charge in [-0.3, -0.25) is 4.99 Å². The van der Waals surface area contributed by atoms with E-state index in [-0.39, 0.29) is 18.4 Å². The van der Waals surface area contributed by atoms with Crippen LogP contribution in [0.3, 0.4) is 0 Å². The van der Waals surface area contributed by atoms with Gasteiger partial charge in [0.1, 0.15) is 0 Å². The monoisotopic (exact) mass is 374 g/mol. The van der Waals surface area contributed by atoms with Gasteiger partial charge in [0.05, 0.1) is 18.4 Å². The minimum Gasteiger partial charge on any atom is -0.377 e. The van der Waals surface area contributed by atoms with Gasteiger partial charge in [-0.1, -0.05) is 6.92 Å². The summed E-state index contributed by atoms with van der Waals surface area (Å²) >= 11 is 0. The van der Waals surface area contributed by atoms with Gasteiger partial charge in [0.15, 0.2) is 5.96 Å². The molecule has 2 saturated heterocycles. The molecule has 146 valence electrons. The number of likely N-dealkylation sites (tertiary alicyclic amines) is 1. The van der Waals surface area contributed by atoms with Crippen LogP contribution < -0.4 is 10.0 Å². The Balaban J connectivity index is 1.78. The number of ether oxygens (including phenoxy) is 1. The zero-order valence-electron chi connectivity index (χ0n) is 15.7. The average molecular weight is 375 g/mol. The van der Waals surface area contributed by atoms with Crippen molar-refractivity contribution >= 4 is 16.0 Å². The molecule has 1 unspecified atom stereocenters. The predicted octanol–water partition coefficient (Wildman–Crippen LogP) is 1.17. The van der Waals surface area contributed by atoms with Crippen molar-refractivity contribution in [3.63, 3.8) is 0 Å². The van der Waals surface area contributed by atoms with Gasteiger partial charge in [-0.15, -0.1) is 0 Å². The molecule has 0 aromatic carbocycles. The van der Waals surface area contributed by atoms with Gasteiger partial charge in [-0.2, -0.15) is 0 Å². The summed E-state index contributed by atoms with van der Waals surface area (Å²) in [6.45, 7) is 8.44. The minimum absolute atomic E-state index is 0.0128. The van der Waals surface area contributed by atoms with E-state index in [4.69, 9.17) is 4.74 Å². The SMILES string of the molecule is CCNC(=NCCS(=O)(=O)NCC1CCCCO1)N1CCC(C)CC1. The molecule has 2 aliphatic rings. The predicted molar refractivity (Wildman–Crippen MR) is 101 cm³/mol. The van der Waals surface area contributed by atoms with Crippen molar-refractivity contribution < 1.29 is 13.2 Å². The number of hydrogen-bond acceptors (Lipinski definition) is 4. The van der Waals surface area contributed by atoms with Crippen LogP contribution in [0.5, 0.6) is 0 Å². The standard InChI is InChI=1S/C17H34N4O3S/c1-3-18-17(21-10-7-15(2)8-11-21)19-9-13-25(22,23)20-14-16-6-4-5-12-24-16/h15-16,20H,3-14H2,1-2H3,(H,18,19). The van der Waals surface area contributed by atoms with E-state index in [1.807, 2.05) is 6.92 Å². The highest BCUT2D eigenvalue weighted by molar-refractivity contribution is 7.89. The molecule has 2 N–H and O–H groups in total. The fourth-order valence-corrected chi connectivity index (χ4v) is 4.09. The zero-order chi connectivity index (χ0) is 18.1. The van der Waals surface area contributed by atoms with Crippen LogP contribution in [0.1, 0.15) is 46.0 Å². The van der Waals surface area contributed by atoms with Crippen LogP contribution in [-0.4, -0.2) is 70.5 Å². The molecular formula is C17H34N4O3S. The number of piperidine rings is 1. The van der Waals surface area contributed by atoms with E-state index < -0.39 is 10.0 Å². The third-order valence-corrected chi connectivity index (χ3v) is 6.17. The maximum Gasteiger partial charge on any atom is 0.213 e. The van der Waals surface area contributed by atoms with Gasteiger partial charge in [0, 0.05) is 32.8 Å². The number of rotatable bonds is 7. The molecule has 1 atom stereocenters. The van der Waals surface area contributed by atoms with Crippen molar-refractivity contribution in [3.8, 4) is 0 Å². The van der Waals surface area contributed by atoms with Gasteiger partial charge in [-0.25, -0.2) is 13.1 Å². The number of nitrogens with zero attached hydrogens (tertiary/aromatic N) is 2. The van der Waals surface area contributed by atoms with Crippen LogP contribution in [-0.2, 0) is 14.8 Å². The lowest BCUT2D eigenvalue weighted by Crippen LogP contribution is -2.45. The van der Waals surface area contributed by atoms with E-state index in [2.05, 4.69) is 26.9 Å². The van der Waals surface area contributed by atoms with E-state index in [9.17, 15) is 8.42 Å². The Hall–Kier alpha value is -0.860. The zero-order valence-corrected chi connectivity index (χ0v) is 16.5. The summed E-state index contributed by atoms with van der Waals surface area (Å²) in [4.78, 5) is 6.76. The van der Waals surface area contributed by atoms with Crippen LogP contribution in [0.2, 0.25) is 0 Å². The molecule has 0 aromatic rings. The van der Waals surface area contributed by atoms with Crippen LogP contribution in [0.4, 0.5) is 0 Å². The topological polar surface area (TPSA) is 83.0 Å². The van der Waals surface area contributed by atoms with Crippen LogP contribution in [0.25, 0.3) is 0 Å². The number of nitrogens with one attached hydrogen (secondary N) is 2. The Morgan fingerprint density at radius 3 is 2.64 bits per heavy atom. The molecule has 0 saturated carbocycles. The summed E-state index contributed by atoms with van der Waals surface area (Å²) in [5.41, 5.74) is 0. The molecule has 7 nitrogen and oxygen atoms in total. The highest BCUT2D eigenvalue weighted by Gasteiger charge is 2.20. The van der Waals surface area contributed by atoms with Gasteiger partial charge in [0.25, 0.3) is 0 Å². The second-order valence-corrected chi connectivity index (χ2v) is 8.99. The molecule has 0 bridgehead atoms. The van der Waals surface area contributed by atoms with E-state index in [1.165, 1.54) is 0 Å². The molecule has 0 aromatic heterocycles. The van der Waals surface area contributed by atoms with Gasteiger partial charge in [0.2, 0.25) is 10.0 Å². The third kappa shape index (κ3) is 7.50. The molecule has 0 aliphatic carbocycles. The smallest absolute Gasteiger partial charge is 0.213 e. The molecule has 2 heterocycles. The Morgan fingerprint density at radius 2 is 2.00 bits per heavy atom. The third-order valence-electron chi connectivity index (χ3n) is 4.84. The molecule has 0 amide bonds. The molecule has 2 aliphatic heterocycles. The van der Waals surface area contributed by atoms with E-state index in [0.29, 0.717) is 6.54 Å². The van der Waals surface area contributed by atoms with Crippen molar-refractivity contribution in [2.45, 2.75) is 52.1 Å². The van der Waals surface area contributed by atoms with Gasteiger partial charge < -0.3 is 15.0 Å². The van der Waals surface area contributed by atoms with Crippen molar-refractivity contribution in [2.75, 3.05) is 45.1 Å². The lowest BCUT2D eigenvalue weighted by Gasteiger charge is -2.33. The summed E-state index contributed by atoms with van der Waals surface area (Å²) in [7, 11) is -3.31. The second-order valence-electron chi connectivity index (χ2n) is 7.06. The fraction of sp³-hybridized carbons (Fsp3) is 0.941. The number of guanidine groups is 1. The maximum atomic E-state index is 12.2. The second kappa shape index (κ2) is 10.3.